The van der Waals surface area contributed by atoms with Gasteiger partial charge in [0.15, 0.2) is 15.1 Å². The van der Waals surface area contributed by atoms with Crippen molar-refractivity contribution in [2.75, 3.05) is 64.9 Å². The van der Waals surface area contributed by atoms with Gasteiger partial charge in [-0.3, -0.25) is 19.5 Å². The lowest BCUT2D eigenvalue weighted by Gasteiger charge is -2.26. The molecule has 5 aromatic rings. The predicted molar refractivity (Wildman–Crippen MR) is 178 cm³/mol. The molecular weight excluding hydrogens is 681 g/mol. The van der Waals surface area contributed by atoms with Crippen molar-refractivity contribution in [2.24, 2.45) is 0 Å². The second-order valence-corrected chi connectivity index (χ2v) is 15.8. The maximum atomic E-state index is 14.0. The highest BCUT2D eigenvalue weighted by molar-refractivity contribution is 7.92. The summed E-state index contributed by atoms with van der Waals surface area (Å²) in [4.78, 5) is 35.3. The van der Waals surface area contributed by atoms with Crippen LogP contribution in [0.4, 0.5) is 0 Å². The Labute approximate surface area is 282 Å². The average molecular weight is 713 g/mol. The molecule has 2 saturated heterocycles. The van der Waals surface area contributed by atoms with Gasteiger partial charge in [0.25, 0.3) is 5.91 Å². The molecule has 3 aromatic heterocycles. The van der Waals surface area contributed by atoms with E-state index in [1.807, 2.05) is 47.4 Å². The number of benzene rings is 2. The van der Waals surface area contributed by atoms with Gasteiger partial charge in [-0.1, -0.05) is 29.5 Å². The van der Waals surface area contributed by atoms with Crippen molar-refractivity contribution in [3.63, 3.8) is 0 Å². The van der Waals surface area contributed by atoms with Gasteiger partial charge in [-0.25, -0.2) is 13.4 Å². The maximum absolute atomic E-state index is 14.0. The number of carbonyl (C=O) groups excluding carboxylic acids is 1. The summed E-state index contributed by atoms with van der Waals surface area (Å²) in [5.41, 5.74) is 3.01. The second kappa shape index (κ2) is 13.9. The molecule has 17 heteroatoms. The molecule has 2 fully saturated rings. The summed E-state index contributed by atoms with van der Waals surface area (Å²) in [5, 5.41) is 17.1. The van der Waals surface area contributed by atoms with E-state index >= 15 is 0 Å². The molecule has 14 nitrogen and oxygen atoms in total. The Bertz CT molecular complexity index is 2080. The molecule has 1 atom stereocenters. The smallest absolute Gasteiger partial charge is 0.307 e. The van der Waals surface area contributed by atoms with E-state index in [1.165, 1.54) is 11.3 Å². The number of nitrogens with zero attached hydrogens (tertiary/aromatic N) is 5. The molecule has 0 aliphatic carbocycles. The zero-order chi connectivity index (χ0) is 33.3. The number of rotatable bonds is 10. The standard InChI is InChI=1S/C31H32N6O8S3/c38-27-24(47-31(40)33-27)18-25-34-35-28(45-25)26(48(41,42)16-11-36-7-12-43-13-8-36)29-32-22-6-5-21(17-23(22)46-29)19-1-3-20(4-2-19)30(39)37-9-14-44-15-10-37/h1-6,17,26,38H,7-16,18H2,(H,33,40). The van der Waals surface area contributed by atoms with Gasteiger partial charge in [0, 0.05) is 38.3 Å². The van der Waals surface area contributed by atoms with Crippen molar-refractivity contribution in [3.05, 3.63) is 79.4 Å². The Morgan fingerprint density at radius 3 is 2.38 bits per heavy atom. The van der Waals surface area contributed by atoms with Crippen LogP contribution in [0.1, 0.15) is 37.3 Å². The van der Waals surface area contributed by atoms with Crippen molar-refractivity contribution in [2.45, 2.75) is 11.7 Å². The highest BCUT2D eigenvalue weighted by Gasteiger charge is 2.37. The molecule has 0 saturated carbocycles. The van der Waals surface area contributed by atoms with Crippen LogP contribution in [0, 0.1) is 0 Å². The van der Waals surface area contributed by atoms with Crippen LogP contribution in [-0.2, 0) is 25.7 Å². The van der Waals surface area contributed by atoms with Crippen LogP contribution in [0.3, 0.4) is 0 Å². The average Bonchev–Trinajstić information content (AvgIpc) is 3.82. The Balaban J connectivity index is 1.17. The van der Waals surface area contributed by atoms with E-state index in [-0.39, 0.29) is 35.7 Å². The van der Waals surface area contributed by atoms with E-state index in [1.54, 1.807) is 4.90 Å². The number of morpholine rings is 2. The Morgan fingerprint density at radius 2 is 1.67 bits per heavy atom. The number of hydrogen-bond acceptors (Lipinski definition) is 14. The van der Waals surface area contributed by atoms with Gasteiger partial charge < -0.3 is 23.9 Å². The zero-order valence-electron chi connectivity index (χ0n) is 25.7. The number of aromatic amines is 1. The second-order valence-electron chi connectivity index (χ2n) is 11.4. The number of amides is 1. The van der Waals surface area contributed by atoms with Crippen molar-refractivity contribution < 1.29 is 32.2 Å². The molecule has 0 bridgehead atoms. The number of aromatic hydroxyl groups is 1. The molecule has 48 heavy (non-hydrogen) atoms. The molecule has 7 rings (SSSR count). The molecule has 1 unspecified atom stereocenters. The normalized spacial score (nSPS) is 16.8. The number of H-pyrrole nitrogens is 1. The van der Waals surface area contributed by atoms with Gasteiger partial charge >= 0.3 is 4.87 Å². The highest BCUT2D eigenvalue weighted by Crippen LogP contribution is 2.37. The van der Waals surface area contributed by atoms with E-state index < -0.39 is 20.0 Å². The van der Waals surface area contributed by atoms with Gasteiger partial charge in [0.2, 0.25) is 17.7 Å². The summed E-state index contributed by atoms with van der Waals surface area (Å²) in [5.74, 6) is -0.554. The SMILES string of the molecule is O=C(c1ccc(-c2ccc3nc(C(c4nnc(Cc5sc(=O)[nH]c5O)o4)S(=O)(=O)CCN4CCOCC4)sc3c2)cc1)N1CCOCC1. The number of carbonyl (C=O) groups is 1. The minimum atomic E-state index is -3.90. The lowest BCUT2D eigenvalue weighted by atomic mass is 10.0. The quantitative estimate of drug-likeness (QED) is 0.217. The minimum absolute atomic E-state index is 0.0295. The first-order valence-corrected chi connectivity index (χ1v) is 18.7. The monoisotopic (exact) mass is 712 g/mol. The summed E-state index contributed by atoms with van der Waals surface area (Å²) < 4.78 is 45.5. The molecule has 2 N–H and O–H groups in total. The summed E-state index contributed by atoms with van der Waals surface area (Å²) in [6.07, 6.45) is -0.0389. The van der Waals surface area contributed by atoms with E-state index in [9.17, 15) is 23.1 Å². The van der Waals surface area contributed by atoms with Gasteiger partial charge in [-0.2, -0.15) is 0 Å². The third kappa shape index (κ3) is 7.06. The number of hydrogen-bond donors (Lipinski definition) is 2. The molecule has 2 aliphatic heterocycles. The van der Waals surface area contributed by atoms with Gasteiger partial charge in [-0.05, 0) is 35.4 Å². The predicted octanol–water partition coefficient (Wildman–Crippen LogP) is 2.70. The first-order chi connectivity index (χ1) is 23.2. The van der Waals surface area contributed by atoms with Crippen molar-refractivity contribution in [1.29, 1.82) is 0 Å². The van der Waals surface area contributed by atoms with E-state index in [0.29, 0.717) is 80.1 Å². The fourth-order valence-corrected chi connectivity index (χ4v) is 9.44. The van der Waals surface area contributed by atoms with Gasteiger partial charge in [-0.15, -0.1) is 21.5 Å². The van der Waals surface area contributed by atoms with Crippen LogP contribution in [0.25, 0.3) is 21.3 Å². The van der Waals surface area contributed by atoms with Crippen LogP contribution in [0.15, 0.2) is 51.7 Å². The molecule has 0 spiro atoms. The zero-order valence-corrected chi connectivity index (χ0v) is 28.1. The maximum Gasteiger partial charge on any atom is 0.307 e. The minimum Gasteiger partial charge on any atom is -0.494 e. The summed E-state index contributed by atoms with van der Waals surface area (Å²) in [7, 11) is -3.90. The van der Waals surface area contributed by atoms with Crippen LogP contribution in [-0.4, -0.2) is 114 Å². The lowest BCUT2D eigenvalue weighted by molar-refractivity contribution is 0.0303. The van der Waals surface area contributed by atoms with E-state index in [2.05, 4.69) is 15.2 Å². The molecule has 5 heterocycles. The largest absolute Gasteiger partial charge is 0.494 e. The molecule has 2 aliphatic rings. The molecule has 2 aromatic carbocycles. The number of thiazole rings is 2. The summed E-state index contributed by atoms with van der Waals surface area (Å²) in [6.45, 7) is 4.88. The fraction of sp³-hybridized carbons (Fsp3) is 0.387. The van der Waals surface area contributed by atoms with Gasteiger partial charge in [0.1, 0.15) is 5.01 Å². The van der Waals surface area contributed by atoms with Crippen LogP contribution in [0.5, 0.6) is 5.88 Å². The molecule has 0 radical (unpaired) electrons. The summed E-state index contributed by atoms with van der Waals surface area (Å²) in [6, 6.07) is 13.1. The van der Waals surface area contributed by atoms with Crippen LogP contribution < -0.4 is 4.87 Å². The Morgan fingerprint density at radius 1 is 0.958 bits per heavy atom. The van der Waals surface area contributed by atoms with E-state index in [0.717, 1.165) is 27.2 Å². The molecule has 252 valence electrons. The van der Waals surface area contributed by atoms with Crippen LogP contribution >= 0.6 is 22.7 Å². The number of aromatic nitrogens is 4. The van der Waals surface area contributed by atoms with Crippen molar-refractivity contribution >= 4 is 48.6 Å². The fourth-order valence-electron chi connectivity index (χ4n) is 5.65. The van der Waals surface area contributed by atoms with Crippen molar-refractivity contribution in [1.82, 2.24) is 30.0 Å². The lowest BCUT2D eigenvalue weighted by Crippen LogP contribution is -2.40. The number of ether oxygens (including phenoxy) is 2. The van der Waals surface area contributed by atoms with Crippen LogP contribution in [0.2, 0.25) is 0 Å². The number of fused-ring (bicyclic) bond motifs is 1. The summed E-state index contributed by atoms with van der Waals surface area (Å²) >= 11 is 2.04. The Hall–Kier alpha value is -4.00. The molecule has 1 amide bonds. The molecular formula is C31H32N6O8S3. The van der Waals surface area contributed by atoms with Crippen molar-refractivity contribution in [3.8, 4) is 17.0 Å². The topological polar surface area (TPSA) is 181 Å². The first-order valence-electron chi connectivity index (χ1n) is 15.4. The van der Waals surface area contributed by atoms with Gasteiger partial charge in [0.05, 0.1) is 53.7 Å². The number of sulfone groups is 1. The third-order valence-electron chi connectivity index (χ3n) is 8.27. The highest BCUT2D eigenvalue weighted by atomic mass is 32.2. The Kier molecular flexibility index (Phi) is 9.39. The first kappa shape index (κ1) is 32.5. The van der Waals surface area contributed by atoms with E-state index in [4.69, 9.17) is 18.9 Å². The number of nitrogens with one attached hydrogen (secondary N) is 1. The third-order valence-corrected chi connectivity index (χ3v) is 12.3.